The molecule has 3 heterocycles. The van der Waals surface area contributed by atoms with Gasteiger partial charge in [0.2, 0.25) is 0 Å². The first-order valence-corrected chi connectivity index (χ1v) is 7.06. The smallest absolute Gasteiger partial charge is 0.264 e. The van der Waals surface area contributed by atoms with E-state index < -0.39 is 0 Å². The van der Waals surface area contributed by atoms with E-state index in [1.54, 1.807) is 6.92 Å². The third-order valence-electron chi connectivity index (χ3n) is 3.38. The highest BCUT2D eigenvalue weighted by molar-refractivity contribution is 7.12. The van der Waals surface area contributed by atoms with Crippen molar-refractivity contribution < 1.29 is 9.59 Å². The largest absolute Gasteiger partial charge is 0.347 e. The Kier molecular flexibility index (Phi) is 2.98. The molecule has 5 heteroatoms. The van der Waals surface area contributed by atoms with Gasteiger partial charge in [-0.05, 0) is 24.4 Å². The van der Waals surface area contributed by atoms with Crippen LogP contribution in [0.25, 0.3) is 0 Å². The SMILES string of the molecule is CC(=O)c1cc2n(c1)CCN(C(=O)c1cccs1)C2. The van der Waals surface area contributed by atoms with Gasteiger partial charge in [0.25, 0.3) is 5.91 Å². The van der Waals surface area contributed by atoms with E-state index in [0.29, 0.717) is 13.1 Å². The molecule has 4 nitrogen and oxygen atoms in total. The summed E-state index contributed by atoms with van der Waals surface area (Å²) in [4.78, 5) is 26.3. The molecule has 0 radical (unpaired) electrons. The first-order valence-electron chi connectivity index (χ1n) is 6.18. The second-order valence-electron chi connectivity index (χ2n) is 4.67. The Bertz CT molecular complexity index is 628. The summed E-state index contributed by atoms with van der Waals surface area (Å²) < 4.78 is 2.06. The van der Waals surface area contributed by atoms with Crippen molar-refractivity contribution in [1.29, 1.82) is 0 Å². The molecular formula is C14H14N2O2S. The zero-order valence-corrected chi connectivity index (χ0v) is 11.4. The van der Waals surface area contributed by atoms with Crippen LogP contribution in [0.15, 0.2) is 29.8 Å². The quantitative estimate of drug-likeness (QED) is 0.789. The van der Waals surface area contributed by atoms with E-state index in [1.807, 2.05) is 34.7 Å². The number of rotatable bonds is 2. The maximum absolute atomic E-state index is 12.3. The predicted octanol–water partition coefficient (Wildman–Crippen LogP) is 2.41. The summed E-state index contributed by atoms with van der Waals surface area (Å²) >= 11 is 1.46. The normalized spacial score (nSPS) is 14.3. The Hall–Kier alpha value is -1.88. The first-order chi connectivity index (χ1) is 9.15. The number of hydrogen-bond acceptors (Lipinski definition) is 3. The summed E-state index contributed by atoms with van der Waals surface area (Å²) in [6.07, 6.45) is 1.88. The lowest BCUT2D eigenvalue weighted by Crippen LogP contribution is -2.37. The summed E-state index contributed by atoms with van der Waals surface area (Å²) in [5.41, 5.74) is 1.75. The van der Waals surface area contributed by atoms with Crippen LogP contribution in [0.5, 0.6) is 0 Å². The molecule has 0 bridgehead atoms. The van der Waals surface area contributed by atoms with E-state index in [9.17, 15) is 9.59 Å². The third-order valence-corrected chi connectivity index (χ3v) is 4.23. The molecule has 0 unspecified atom stereocenters. The van der Waals surface area contributed by atoms with Gasteiger partial charge in [0.15, 0.2) is 5.78 Å². The number of carbonyl (C=O) groups is 2. The Morgan fingerprint density at radius 2 is 2.16 bits per heavy atom. The van der Waals surface area contributed by atoms with E-state index in [-0.39, 0.29) is 11.7 Å². The molecule has 0 N–H and O–H groups in total. The lowest BCUT2D eigenvalue weighted by Gasteiger charge is -2.28. The lowest BCUT2D eigenvalue weighted by molar-refractivity contribution is 0.0716. The van der Waals surface area contributed by atoms with Crippen molar-refractivity contribution in [2.75, 3.05) is 6.54 Å². The maximum atomic E-state index is 12.3. The van der Waals surface area contributed by atoms with E-state index in [1.165, 1.54) is 11.3 Å². The van der Waals surface area contributed by atoms with Crippen molar-refractivity contribution in [3.63, 3.8) is 0 Å². The van der Waals surface area contributed by atoms with Crippen molar-refractivity contribution in [3.8, 4) is 0 Å². The van der Waals surface area contributed by atoms with Crippen molar-refractivity contribution >= 4 is 23.0 Å². The molecule has 2 aromatic heterocycles. The van der Waals surface area contributed by atoms with Gasteiger partial charge in [-0.1, -0.05) is 6.07 Å². The molecular weight excluding hydrogens is 260 g/mol. The Morgan fingerprint density at radius 3 is 2.84 bits per heavy atom. The Balaban J connectivity index is 1.82. The zero-order valence-electron chi connectivity index (χ0n) is 10.6. The molecule has 3 rings (SSSR count). The van der Waals surface area contributed by atoms with Crippen molar-refractivity contribution in [1.82, 2.24) is 9.47 Å². The van der Waals surface area contributed by atoms with Crippen LogP contribution in [0, 0.1) is 0 Å². The average Bonchev–Trinajstić information content (AvgIpc) is 3.06. The molecule has 0 saturated heterocycles. The third kappa shape index (κ3) is 2.21. The molecule has 0 atom stereocenters. The van der Waals surface area contributed by atoms with Crippen LogP contribution in [0.1, 0.15) is 32.6 Å². The fourth-order valence-corrected chi connectivity index (χ4v) is 3.01. The standard InChI is InChI=1S/C14H14N2O2S/c1-10(17)11-7-12-9-16(5-4-15(12)8-11)14(18)13-3-2-6-19-13/h2-3,6-8H,4-5,9H2,1H3. The van der Waals surface area contributed by atoms with Crippen molar-refractivity contribution in [2.45, 2.75) is 20.0 Å². The molecule has 1 aliphatic rings. The molecule has 1 amide bonds. The van der Waals surface area contributed by atoms with Gasteiger partial charge in [-0.15, -0.1) is 11.3 Å². The van der Waals surface area contributed by atoms with Gasteiger partial charge in [0.05, 0.1) is 11.4 Å². The molecule has 19 heavy (non-hydrogen) atoms. The molecule has 0 spiro atoms. The predicted molar refractivity (Wildman–Crippen MR) is 73.5 cm³/mol. The summed E-state index contributed by atoms with van der Waals surface area (Å²) in [6, 6.07) is 5.62. The number of aromatic nitrogens is 1. The molecule has 1 aliphatic heterocycles. The number of carbonyl (C=O) groups excluding carboxylic acids is 2. The minimum Gasteiger partial charge on any atom is -0.347 e. The van der Waals surface area contributed by atoms with Crippen LogP contribution >= 0.6 is 11.3 Å². The van der Waals surface area contributed by atoms with Crippen LogP contribution in [0.3, 0.4) is 0 Å². The van der Waals surface area contributed by atoms with Gasteiger partial charge >= 0.3 is 0 Å². The van der Waals surface area contributed by atoms with Gasteiger partial charge < -0.3 is 9.47 Å². The summed E-state index contributed by atoms with van der Waals surface area (Å²) in [6.45, 7) is 3.58. The van der Waals surface area contributed by atoms with Crippen LogP contribution < -0.4 is 0 Å². The van der Waals surface area contributed by atoms with Gasteiger partial charge in [0, 0.05) is 30.5 Å². The number of nitrogens with zero attached hydrogens (tertiary/aromatic N) is 2. The number of amides is 1. The number of hydrogen-bond donors (Lipinski definition) is 0. The van der Waals surface area contributed by atoms with Crippen molar-refractivity contribution in [3.05, 3.63) is 45.9 Å². The zero-order chi connectivity index (χ0) is 13.4. The average molecular weight is 274 g/mol. The fourth-order valence-electron chi connectivity index (χ4n) is 2.32. The summed E-state index contributed by atoms with van der Waals surface area (Å²) in [5.74, 6) is 0.143. The number of ketones is 1. The van der Waals surface area contributed by atoms with Crippen LogP contribution in [-0.4, -0.2) is 27.7 Å². The minimum atomic E-state index is 0.0676. The van der Waals surface area contributed by atoms with Gasteiger partial charge in [-0.25, -0.2) is 0 Å². The molecule has 0 aromatic carbocycles. The fraction of sp³-hybridized carbons (Fsp3) is 0.286. The number of thiophene rings is 1. The van der Waals surface area contributed by atoms with Crippen LogP contribution in [0.4, 0.5) is 0 Å². The molecule has 2 aromatic rings. The second kappa shape index (κ2) is 4.66. The highest BCUT2D eigenvalue weighted by Gasteiger charge is 2.23. The highest BCUT2D eigenvalue weighted by atomic mass is 32.1. The Morgan fingerprint density at radius 1 is 1.32 bits per heavy atom. The van der Waals surface area contributed by atoms with Crippen molar-refractivity contribution in [2.24, 2.45) is 0 Å². The molecule has 0 fully saturated rings. The molecule has 98 valence electrons. The Labute approximate surface area is 115 Å². The topological polar surface area (TPSA) is 42.3 Å². The van der Waals surface area contributed by atoms with Gasteiger partial charge in [-0.2, -0.15) is 0 Å². The monoisotopic (exact) mass is 274 g/mol. The van der Waals surface area contributed by atoms with Gasteiger partial charge in [0.1, 0.15) is 0 Å². The van der Waals surface area contributed by atoms with E-state index in [0.717, 1.165) is 22.7 Å². The lowest BCUT2D eigenvalue weighted by atomic mass is 10.2. The van der Waals surface area contributed by atoms with E-state index in [2.05, 4.69) is 4.57 Å². The number of fused-ring (bicyclic) bond motifs is 1. The number of Topliss-reactive ketones (excluding diaryl/α,β-unsaturated/α-hetero) is 1. The van der Waals surface area contributed by atoms with E-state index >= 15 is 0 Å². The van der Waals surface area contributed by atoms with Gasteiger partial charge in [-0.3, -0.25) is 9.59 Å². The first kappa shape index (κ1) is 12.2. The van der Waals surface area contributed by atoms with Crippen LogP contribution in [-0.2, 0) is 13.1 Å². The van der Waals surface area contributed by atoms with Crippen LogP contribution in [0.2, 0.25) is 0 Å². The summed E-state index contributed by atoms with van der Waals surface area (Å²) in [5, 5.41) is 1.91. The molecule has 0 aliphatic carbocycles. The second-order valence-corrected chi connectivity index (χ2v) is 5.62. The van der Waals surface area contributed by atoms with E-state index in [4.69, 9.17) is 0 Å². The highest BCUT2D eigenvalue weighted by Crippen LogP contribution is 2.20. The maximum Gasteiger partial charge on any atom is 0.264 e. The minimum absolute atomic E-state index is 0.0676. The summed E-state index contributed by atoms with van der Waals surface area (Å²) in [7, 11) is 0. The molecule has 0 saturated carbocycles.